The zero-order chi connectivity index (χ0) is 16.9. The minimum absolute atomic E-state index is 0.00569. The topological polar surface area (TPSA) is 92.4 Å². The van der Waals surface area contributed by atoms with Crippen LogP contribution in [0.1, 0.15) is 10.4 Å². The smallest absolute Gasteiger partial charge is 0.254 e. The van der Waals surface area contributed by atoms with Gasteiger partial charge in [0.25, 0.3) is 5.91 Å². The Balaban J connectivity index is 1.71. The molecule has 0 unspecified atom stereocenters. The number of rotatable bonds is 3. The van der Waals surface area contributed by atoms with Gasteiger partial charge in [0.15, 0.2) is 0 Å². The molecule has 24 heavy (non-hydrogen) atoms. The predicted octanol–water partition coefficient (Wildman–Crippen LogP) is 0.387. The first-order chi connectivity index (χ1) is 11.7. The van der Waals surface area contributed by atoms with E-state index in [1.807, 2.05) is 18.2 Å². The molecule has 1 fully saturated rings. The first kappa shape index (κ1) is 16.1. The van der Waals surface area contributed by atoms with Crippen molar-refractivity contribution >= 4 is 11.8 Å². The van der Waals surface area contributed by atoms with E-state index in [2.05, 4.69) is 9.97 Å². The molecule has 1 saturated heterocycles. The lowest BCUT2D eigenvalue weighted by Crippen LogP contribution is -2.51. The van der Waals surface area contributed by atoms with Crippen LogP contribution in [-0.4, -0.2) is 64.3 Å². The van der Waals surface area contributed by atoms with Crippen LogP contribution in [0.15, 0.2) is 42.7 Å². The largest absolute Gasteiger partial charge is 0.338 e. The van der Waals surface area contributed by atoms with Crippen molar-refractivity contribution in [3.63, 3.8) is 0 Å². The number of aromatic nitrogens is 2. The highest BCUT2D eigenvalue weighted by Crippen LogP contribution is 2.16. The van der Waals surface area contributed by atoms with Gasteiger partial charge in [-0.2, -0.15) is 0 Å². The van der Waals surface area contributed by atoms with Crippen LogP contribution < -0.4 is 5.73 Å². The van der Waals surface area contributed by atoms with E-state index in [1.165, 1.54) is 0 Å². The molecule has 2 N–H and O–H groups in total. The van der Waals surface area contributed by atoms with Crippen LogP contribution in [0.2, 0.25) is 0 Å². The Morgan fingerprint density at radius 3 is 2.33 bits per heavy atom. The van der Waals surface area contributed by atoms with E-state index < -0.39 is 0 Å². The van der Waals surface area contributed by atoms with E-state index in [4.69, 9.17) is 5.73 Å². The molecule has 0 spiro atoms. The second-order valence-electron chi connectivity index (χ2n) is 5.52. The summed E-state index contributed by atoms with van der Waals surface area (Å²) in [7, 11) is 0. The summed E-state index contributed by atoms with van der Waals surface area (Å²) >= 11 is 0. The number of hydrogen-bond acceptors (Lipinski definition) is 5. The fourth-order valence-corrected chi connectivity index (χ4v) is 2.69. The van der Waals surface area contributed by atoms with E-state index in [-0.39, 0.29) is 18.4 Å². The van der Waals surface area contributed by atoms with E-state index in [0.29, 0.717) is 37.4 Å². The van der Waals surface area contributed by atoms with Crippen LogP contribution in [0.5, 0.6) is 0 Å². The maximum atomic E-state index is 12.7. The zero-order valence-corrected chi connectivity index (χ0v) is 13.3. The van der Waals surface area contributed by atoms with Gasteiger partial charge in [0.2, 0.25) is 5.91 Å². The van der Waals surface area contributed by atoms with Gasteiger partial charge in [0, 0.05) is 44.1 Å². The molecule has 2 aromatic heterocycles. The summed E-state index contributed by atoms with van der Waals surface area (Å²) in [5.74, 6) is -0.141. The fraction of sp³-hybridized carbons (Fsp3) is 0.294. The van der Waals surface area contributed by atoms with Crippen LogP contribution >= 0.6 is 0 Å². The molecule has 3 heterocycles. The Hall–Kier alpha value is -2.80. The molecule has 2 amide bonds. The van der Waals surface area contributed by atoms with E-state index >= 15 is 0 Å². The molecule has 0 bridgehead atoms. The number of amides is 2. The molecule has 0 saturated carbocycles. The first-order valence-electron chi connectivity index (χ1n) is 7.83. The van der Waals surface area contributed by atoms with Crippen LogP contribution in [0.4, 0.5) is 0 Å². The van der Waals surface area contributed by atoms with Crippen molar-refractivity contribution in [2.45, 2.75) is 0 Å². The summed E-state index contributed by atoms with van der Waals surface area (Å²) in [5.41, 5.74) is 7.34. The van der Waals surface area contributed by atoms with Gasteiger partial charge in [-0.3, -0.25) is 19.6 Å². The number of hydrogen-bond donors (Lipinski definition) is 1. The fourth-order valence-electron chi connectivity index (χ4n) is 2.69. The van der Waals surface area contributed by atoms with Crippen molar-refractivity contribution in [1.82, 2.24) is 19.8 Å². The van der Waals surface area contributed by atoms with Crippen LogP contribution in [0.25, 0.3) is 11.4 Å². The second-order valence-corrected chi connectivity index (χ2v) is 5.52. The molecular formula is C17H19N5O2. The minimum atomic E-state index is -0.0801. The molecule has 7 nitrogen and oxygen atoms in total. The number of pyridine rings is 2. The van der Waals surface area contributed by atoms with Crippen molar-refractivity contribution in [3.8, 4) is 11.4 Å². The van der Waals surface area contributed by atoms with E-state index in [9.17, 15) is 9.59 Å². The van der Waals surface area contributed by atoms with Crippen LogP contribution in [-0.2, 0) is 4.79 Å². The Morgan fingerprint density at radius 1 is 0.958 bits per heavy atom. The predicted molar refractivity (Wildman–Crippen MR) is 89.0 cm³/mol. The Bertz CT molecular complexity index is 727. The first-order valence-corrected chi connectivity index (χ1v) is 7.83. The summed E-state index contributed by atoms with van der Waals surface area (Å²) in [6.45, 7) is 2.04. The highest BCUT2D eigenvalue weighted by molar-refractivity contribution is 5.95. The molecule has 124 valence electrons. The second kappa shape index (κ2) is 7.18. The maximum absolute atomic E-state index is 12.7. The number of piperazine rings is 1. The van der Waals surface area contributed by atoms with Crippen LogP contribution in [0.3, 0.4) is 0 Å². The molecule has 0 atom stereocenters. The lowest BCUT2D eigenvalue weighted by Gasteiger charge is -2.34. The third-order valence-corrected chi connectivity index (χ3v) is 4.03. The highest BCUT2D eigenvalue weighted by atomic mass is 16.2. The molecule has 0 aromatic carbocycles. The van der Waals surface area contributed by atoms with E-state index in [1.54, 1.807) is 34.3 Å². The van der Waals surface area contributed by atoms with Crippen LogP contribution in [0, 0.1) is 0 Å². The Labute approximate surface area is 140 Å². The summed E-state index contributed by atoms with van der Waals surface area (Å²) in [6, 6.07) is 9.02. The number of carbonyl (C=O) groups is 2. The lowest BCUT2D eigenvalue weighted by atomic mass is 10.1. The average molecular weight is 325 g/mol. The van der Waals surface area contributed by atoms with Gasteiger partial charge in [-0.25, -0.2) is 0 Å². The average Bonchev–Trinajstić information content (AvgIpc) is 2.67. The van der Waals surface area contributed by atoms with Crippen molar-refractivity contribution in [2.75, 3.05) is 32.7 Å². The summed E-state index contributed by atoms with van der Waals surface area (Å²) in [4.78, 5) is 36.3. The summed E-state index contributed by atoms with van der Waals surface area (Å²) in [6.07, 6.45) is 3.31. The van der Waals surface area contributed by atoms with Gasteiger partial charge < -0.3 is 15.5 Å². The standard InChI is InChI=1S/C17H19N5O2/c18-12-16(23)21-7-9-22(10-8-21)17(24)13-4-6-20-15(11-13)14-3-1-2-5-19-14/h1-6,11H,7-10,12,18H2. The maximum Gasteiger partial charge on any atom is 0.254 e. The highest BCUT2D eigenvalue weighted by Gasteiger charge is 2.24. The van der Waals surface area contributed by atoms with Gasteiger partial charge in [-0.05, 0) is 24.3 Å². The number of nitrogens with zero attached hydrogens (tertiary/aromatic N) is 4. The van der Waals surface area contributed by atoms with Gasteiger partial charge >= 0.3 is 0 Å². The van der Waals surface area contributed by atoms with Gasteiger partial charge in [0.05, 0.1) is 17.9 Å². The number of carbonyl (C=O) groups excluding carboxylic acids is 2. The molecular weight excluding hydrogens is 306 g/mol. The van der Waals surface area contributed by atoms with Crippen molar-refractivity contribution < 1.29 is 9.59 Å². The number of nitrogens with two attached hydrogens (primary N) is 1. The Kier molecular flexibility index (Phi) is 4.81. The van der Waals surface area contributed by atoms with Crippen molar-refractivity contribution in [1.29, 1.82) is 0 Å². The van der Waals surface area contributed by atoms with Gasteiger partial charge in [-0.15, -0.1) is 0 Å². The SMILES string of the molecule is NCC(=O)N1CCN(C(=O)c2ccnc(-c3ccccn3)c2)CC1. The van der Waals surface area contributed by atoms with Gasteiger partial charge in [-0.1, -0.05) is 6.07 Å². The summed E-state index contributed by atoms with van der Waals surface area (Å²) < 4.78 is 0. The monoisotopic (exact) mass is 325 g/mol. The molecule has 7 heteroatoms. The molecule has 0 radical (unpaired) electrons. The van der Waals surface area contributed by atoms with E-state index in [0.717, 1.165) is 5.69 Å². The van der Waals surface area contributed by atoms with Gasteiger partial charge in [0.1, 0.15) is 0 Å². The quantitative estimate of drug-likeness (QED) is 0.881. The molecule has 2 aromatic rings. The minimum Gasteiger partial charge on any atom is -0.338 e. The van der Waals surface area contributed by atoms with Crippen molar-refractivity contribution in [3.05, 3.63) is 48.3 Å². The third kappa shape index (κ3) is 3.41. The summed E-state index contributed by atoms with van der Waals surface area (Å²) in [5, 5.41) is 0. The molecule has 1 aliphatic rings. The zero-order valence-electron chi connectivity index (χ0n) is 13.3. The third-order valence-electron chi connectivity index (χ3n) is 4.03. The molecule has 0 aliphatic carbocycles. The normalized spacial score (nSPS) is 14.5. The molecule has 3 rings (SSSR count). The van der Waals surface area contributed by atoms with Crippen molar-refractivity contribution in [2.24, 2.45) is 5.73 Å². The Morgan fingerprint density at radius 2 is 1.67 bits per heavy atom. The lowest BCUT2D eigenvalue weighted by molar-refractivity contribution is -0.131. The molecule has 1 aliphatic heterocycles.